The molecule has 24 heavy (non-hydrogen) atoms. The summed E-state index contributed by atoms with van der Waals surface area (Å²) in [5.41, 5.74) is 0. The van der Waals surface area contributed by atoms with Gasteiger partial charge in [-0.1, -0.05) is 0 Å². The Hall–Kier alpha value is -0.0700. The van der Waals surface area contributed by atoms with Gasteiger partial charge in [0.2, 0.25) is 5.91 Å². The van der Waals surface area contributed by atoms with E-state index in [0.29, 0.717) is 30.5 Å². The van der Waals surface area contributed by atoms with Crippen LogP contribution < -0.4 is 10.6 Å². The lowest BCUT2D eigenvalue weighted by molar-refractivity contribution is -0.123. The maximum atomic E-state index is 12.4. The Kier molecular flexibility index (Phi) is 9.31. The summed E-state index contributed by atoms with van der Waals surface area (Å²) >= 11 is 0. The van der Waals surface area contributed by atoms with Gasteiger partial charge in [0.05, 0.1) is 13.2 Å². The molecule has 0 spiro atoms. The summed E-state index contributed by atoms with van der Waals surface area (Å²) in [6, 6.07) is 1.91. The first-order chi connectivity index (χ1) is 10.6. The van der Waals surface area contributed by atoms with Crippen molar-refractivity contribution in [3.05, 3.63) is 0 Å². The fraction of sp³-hybridized carbons (Fsp3) is 0.941. The topological polar surface area (TPSA) is 53.6 Å². The molecule has 3 fully saturated rings. The second-order valence-corrected chi connectivity index (χ2v) is 7.42. The Labute approximate surface area is 158 Å². The van der Waals surface area contributed by atoms with Gasteiger partial charge in [0.15, 0.2) is 0 Å². The van der Waals surface area contributed by atoms with Crippen molar-refractivity contribution in [3.8, 4) is 0 Å². The van der Waals surface area contributed by atoms with E-state index in [-0.39, 0.29) is 36.8 Å². The zero-order valence-electron chi connectivity index (χ0n) is 14.8. The van der Waals surface area contributed by atoms with Crippen LogP contribution in [-0.2, 0) is 9.53 Å². The number of ether oxygens (including phenoxy) is 1. The Balaban J connectivity index is 0.00000144. The van der Waals surface area contributed by atoms with Crippen LogP contribution in [0.5, 0.6) is 0 Å². The highest BCUT2D eigenvalue weighted by Gasteiger charge is 2.34. The minimum absolute atomic E-state index is 0. The minimum atomic E-state index is 0. The number of amides is 1. The van der Waals surface area contributed by atoms with Crippen LogP contribution in [-0.4, -0.2) is 61.3 Å². The van der Waals surface area contributed by atoms with Crippen LogP contribution in [0.25, 0.3) is 0 Å². The molecule has 0 aromatic carbocycles. The molecule has 1 amide bonds. The van der Waals surface area contributed by atoms with Gasteiger partial charge in [0, 0.05) is 43.7 Å². The summed E-state index contributed by atoms with van der Waals surface area (Å²) in [4.78, 5) is 14.8. The number of rotatable bonds is 5. The number of fused-ring (bicyclic) bond motifs is 2. The van der Waals surface area contributed by atoms with Gasteiger partial charge in [-0.05, 0) is 45.4 Å². The third kappa shape index (κ3) is 5.73. The molecule has 0 saturated carbocycles. The average molecular weight is 382 g/mol. The van der Waals surface area contributed by atoms with Crippen LogP contribution in [0, 0.1) is 5.92 Å². The molecule has 0 aliphatic carbocycles. The van der Waals surface area contributed by atoms with Gasteiger partial charge < -0.3 is 15.4 Å². The first-order valence-corrected chi connectivity index (χ1v) is 8.99. The standard InChI is InChI=1S/C17H31N3O2.2ClH/c1-12(13(2)20-5-7-22-8-6-20)18-17(21)11-14-9-15-3-4-16(10-14)19-15;;/h12-16,19H,3-11H2,1-2H3,(H,18,21);2*1H. The van der Waals surface area contributed by atoms with Crippen molar-refractivity contribution < 1.29 is 9.53 Å². The molecule has 3 heterocycles. The minimum Gasteiger partial charge on any atom is -0.379 e. The number of carbonyl (C=O) groups is 1. The normalized spacial score (nSPS) is 32.2. The second kappa shape index (κ2) is 10.2. The molecule has 3 aliphatic rings. The number of nitrogens with one attached hydrogen (secondary N) is 2. The molecule has 2 N–H and O–H groups in total. The summed E-state index contributed by atoms with van der Waals surface area (Å²) in [6.45, 7) is 7.90. The van der Waals surface area contributed by atoms with E-state index in [0.717, 1.165) is 26.3 Å². The van der Waals surface area contributed by atoms with Crippen molar-refractivity contribution in [1.29, 1.82) is 0 Å². The smallest absolute Gasteiger partial charge is 0.220 e. The molecule has 142 valence electrons. The third-order valence-electron chi connectivity index (χ3n) is 5.78. The molecule has 0 radical (unpaired) electrons. The molecule has 3 aliphatic heterocycles. The monoisotopic (exact) mass is 381 g/mol. The molecule has 7 heteroatoms. The average Bonchev–Trinajstić information content (AvgIpc) is 2.86. The van der Waals surface area contributed by atoms with Gasteiger partial charge in [-0.15, -0.1) is 24.8 Å². The highest BCUT2D eigenvalue weighted by atomic mass is 35.5. The third-order valence-corrected chi connectivity index (χ3v) is 5.78. The van der Waals surface area contributed by atoms with Crippen molar-refractivity contribution in [2.75, 3.05) is 26.3 Å². The lowest BCUT2D eigenvalue weighted by Crippen LogP contribution is -2.52. The van der Waals surface area contributed by atoms with Crippen LogP contribution in [0.1, 0.15) is 46.0 Å². The van der Waals surface area contributed by atoms with Crippen LogP contribution in [0.4, 0.5) is 0 Å². The van der Waals surface area contributed by atoms with E-state index in [2.05, 4.69) is 29.4 Å². The summed E-state index contributed by atoms with van der Waals surface area (Å²) in [7, 11) is 0. The Bertz CT molecular complexity index is 382. The number of morpholine rings is 1. The van der Waals surface area contributed by atoms with Gasteiger partial charge in [-0.25, -0.2) is 0 Å². The quantitative estimate of drug-likeness (QED) is 0.764. The number of hydrogen-bond acceptors (Lipinski definition) is 4. The summed E-state index contributed by atoms with van der Waals surface area (Å²) in [6.07, 6.45) is 5.66. The van der Waals surface area contributed by atoms with Crippen LogP contribution >= 0.6 is 24.8 Å². The van der Waals surface area contributed by atoms with Crippen molar-refractivity contribution in [2.24, 2.45) is 5.92 Å². The molecule has 2 bridgehead atoms. The number of nitrogens with zero attached hydrogens (tertiary/aromatic N) is 1. The first-order valence-electron chi connectivity index (χ1n) is 8.99. The summed E-state index contributed by atoms with van der Waals surface area (Å²) in [5.74, 6) is 0.809. The Morgan fingerprint density at radius 2 is 1.75 bits per heavy atom. The van der Waals surface area contributed by atoms with E-state index < -0.39 is 0 Å². The molecular weight excluding hydrogens is 349 g/mol. The molecule has 0 aromatic rings. The predicted octanol–water partition coefficient (Wildman–Crippen LogP) is 1.98. The van der Waals surface area contributed by atoms with E-state index in [1.54, 1.807) is 0 Å². The van der Waals surface area contributed by atoms with Crippen molar-refractivity contribution in [3.63, 3.8) is 0 Å². The second-order valence-electron chi connectivity index (χ2n) is 7.42. The largest absolute Gasteiger partial charge is 0.379 e. The molecule has 3 rings (SSSR count). The molecule has 5 nitrogen and oxygen atoms in total. The van der Waals surface area contributed by atoms with Crippen molar-refractivity contribution in [2.45, 2.75) is 70.1 Å². The number of halogens is 2. The molecule has 4 atom stereocenters. The summed E-state index contributed by atoms with van der Waals surface area (Å²) in [5, 5.41) is 6.88. The van der Waals surface area contributed by atoms with Crippen LogP contribution in [0.3, 0.4) is 0 Å². The van der Waals surface area contributed by atoms with Gasteiger partial charge in [-0.2, -0.15) is 0 Å². The van der Waals surface area contributed by atoms with Gasteiger partial charge in [-0.3, -0.25) is 9.69 Å². The summed E-state index contributed by atoms with van der Waals surface area (Å²) < 4.78 is 5.40. The van der Waals surface area contributed by atoms with E-state index >= 15 is 0 Å². The number of hydrogen-bond donors (Lipinski definition) is 2. The lowest BCUT2D eigenvalue weighted by Gasteiger charge is -2.36. The molecular formula is C17H33Cl2N3O2. The zero-order valence-corrected chi connectivity index (χ0v) is 16.5. The van der Waals surface area contributed by atoms with Crippen LogP contribution in [0.15, 0.2) is 0 Å². The van der Waals surface area contributed by atoms with Crippen LogP contribution in [0.2, 0.25) is 0 Å². The fourth-order valence-corrected chi connectivity index (χ4v) is 4.34. The Morgan fingerprint density at radius 1 is 1.17 bits per heavy atom. The Morgan fingerprint density at radius 3 is 2.33 bits per heavy atom. The number of carbonyl (C=O) groups excluding carboxylic acids is 1. The van der Waals surface area contributed by atoms with E-state index in [1.807, 2.05) is 0 Å². The highest BCUT2D eigenvalue weighted by Crippen LogP contribution is 2.32. The fourth-order valence-electron chi connectivity index (χ4n) is 4.34. The predicted molar refractivity (Wildman–Crippen MR) is 101 cm³/mol. The zero-order chi connectivity index (χ0) is 15.5. The molecule has 3 saturated heterocycles. The van der Waals surface area contributed by atoms with Crippen molar-refractivity contribution in [1.82, 2.24) is 15.5 Å². The van der Waals surface area contributed by atoms with Gasteiger partial charge in [0.1, 0.15) is 0 Å². The van der Waals surface area contributed by atoms with E-state index in [1.165, 1.54) is 25.7 Å². The van der Waals surface area contributed by atoms with Gasteiger partial charge in [0.25, 0.3) is 0 Å². The van der Waals surface area contributed by atoms with E-state index in [9.17, 15) is 4.79 Å². The van der Waals surface area contributed by atoms with Gasteiger partial charge >= 0.3 is 0 Å². The number of piperidine rings is 1. The molecule has 4 unspecified atom stereocenters. The first kappa shape index (κ1) is 22.0. The maximum absolute atomic E-state index is 12.4. The highest BCUT2D eigenvalue weighted by molar-refractivity contribution is 5.85. The SMILES string of the molecule is CC(NC(=O)CC1CC2CCC(C1)N2)C(C)N1CCOCC1.Cl.Cl. The maximum Gasteiger partial charge on any atom is 0.220 e. The lowest BCUT2D eigenvalue weighted by atomic mass is 9.89. The van der Waals surface area contributed by atoms with E-state index in [4.69, 9.17) is 4.74 Å². The van der Waals surface area contributed by atoms with Crippen molar-refractivity contribution >= 4 is 30.7 Å². The molecule has 0 aromatic heterocycles.